The molecule has 4 heteroatoms. The Hall–Kier alpha value is -2.07. The number of nitrogens with one attached hydrogen (secondary N) is 1. The van der Waals surface area contributed by atoms with Gasteiger partial charge in [-0.2, -0.15) is 0 Å². The highest BCUT2D eigenvalue weighted by Crippen LogP contribution is 2.29. The molecule has 112 valence electrons. The lowest BCUT2D eigenvalue weighted by atomic mass is 10.1. The molecule has 21 heavy (non-hydrogen) atoms. The molecular formula is C17H20FNO2. The van der Waals surface area contributed by atoms with E-state index in [0.29, 0.717) is 18.0 Å². The molecule has 0 heterocycles. The second-order valence-corrected chi connectivity index (χ2v) is 4.84. The van der Waals surface area contributed by atoms with Gasteiger partial charge in [0.15, 0.2) is 11.5 Å². The van der Waals surface area contributed by atoms with Gasteiger partial charge in [0, 0.05) is 12.6 Å². The molecule has 0 spiro atoms. The molecule has 0 radical (unpaired) electrons. The van der Waals surface area contributed by atoms with E-state index < -0.39 is 0 Å². The summed E-state index contributed by atoms with van der Waals surface area (Å²) in [6.45, 7) is 2.75. The van der Waals surface area contributed by atoms with Crippen molar-refractivity contribution >= 4 is 0 Å². The summed E-state index contributed by atoms with van der Waals surface area (Å²) in [6, 6.07) is 12.5. The fourth-order valence-electron chi connectivity index (χ4n) is 2.11. The molecule has 0 fully saturated rings. The Kier molecular flexibility index (Phi) is 5.17. The topological polar surface area (TPSA) is 30.5 Å². The van der Waals surface area contributed by atoms with Gasteiger partial charge in [0.05, 0.1) is 14.2 Å². The van der Waals surface area contributed by atoms with E-state index in [0.717, 1.165) is 11.1 Å². The third-order valence-electron chi connectivity index (χ3n) is 3.43. The van der Waals surface area contributed by atoms with Gasteiger partial charge in [-0.25, -0.2) is 4.39 Å². The number of ether oxygens (including phenoxy) is 2. The van der Waals surface area contributed by atoms with E-state index in [1.165, 1.54) is 12.1 Å². The molecule has 0 aromatic heterocycles. The normalized spacial score (nSPS) is 12.0. The van der Waals surface area contributed by atoms with Crippen LogP contribution in [0.4, 0.5) is 4.39 Å². The van der Waals surface area contributed by atoms with Gasteiger partial charge in [-0.05, 0) is 42.3 Å². The monoisotopic (exact) mass is 289 g/mol. The van der Waals surface area contributed by atoms with E-state index in [2.05, 4.69) is 12.2 Å². The van der Waals surface area contributed by atoms with Crippen LogP contribution in [0.2, 0.25) is 0 Å². The molecule has 0 saturated carbocycles. The standard InChI is InChI=1S/C17H20FNO2/c1-12(19-11-13-4-7-15(18)8-5-13)14-6-9-16(20-2)17(10-14)21-3/h4-10,12,19H,11H2,1-3H3. The summed E-state index contributed by atoms with van der Waals surface area (Å²) in [5.41, 5.74) is 2.15. The highest BCUT2D eigenvalue weighted by atomic mass is 19.1. The zero-order chi connectivity index (χ0) is 15.2. The van der Waals surface area contributed by atoms with Crippen LogP contribution < -0.4 is 14.8 Å². The smallest absolute Gasteiger partial charge is 0.161 e. The summed E-state index contributed by atoms with van der Waals surface area (Å²) in [7, 11) is 3.24. The Labute approximate surface area is 124 Å². The number of halogens is 1. The van der Waals surface area contributed by atoms with Crippen molar-refractivity contribution in [1.29, 1.82) is 0 Å². The fourth-order valence-corrected chi connectivity index (χ4v) is 2.11. The van der Waals surface area contributed by atoms with Gasteiger partial charge in [0.2, 0.25) is 0 Å². The van der Waals surface area contributed by atoms with Gasteiger partial charge in [-0.3, -0.25) is 0 Å². The van der Waals surface area contributed by atoms with Crippen molar-refractivity contribution in [3.8, 4) is 11.5 Å². The Morgan fingerprint density at radius 2 is 1.67 bits per heavy atom. The minimum absolute atomic E-state index is 0.148. The van der Waals surface area contributed by atoms with Gasteiger partial charge in [0.25, 0.3) is 0 Å². The molecular weight excluding hydrogens is 269 g/mol. The number of hydrogen-bond acceptors (Lipinski definition) is 3. The Balaban J connectivity index is 2.02. The molecule has 2 aromatic carbocycles. The van der Waals surface area contributed by atoms with E-state index in [1.807, 2.05) is 18.2 Å². The SMILES string of the molecule is COc1ccc(C(C)NCc2ccc(F)cc2)cc1OC. The van der Waals surface area contributed by atoms with Gasteiger partial charge >= 0.3 is 0 Å². The molecule has 1 atom stereocenters. The number of methoxy groups -OCH3 is 2. The van der Waals surface area contributed by atoms with Crippen LogP contribution in [0.3, 0.4) is 0 Å². The first-order chi connectivity index (χ1) is 10.1. The maximum atomic E-state index is 12.9. The van der Waals surface area contributed by atoms with Gasteiger partial charge in [-0.15, -0.1) is 0 Å². The number of hydrogen-bond donors (Lipinski definition) is 1. The highest BCUT2D eigenvalue weighted by Gasteiger charge is 2.09. The Morgan fingerprint density at radius 3 is 2.29 bits per heavy atom. The summed E-state index contributed by atoms with van der Waals surface area (Å²) < 4.78 is 23.4. The molecule has 3 nitrogen and oxygen atoms in total. The first-order valence-electron chi connectivity index (χ1n) is 6.83. The van der Waals surface area contributed by atoms with Gasteiger partial charge in [0.1, 0.15) is 5.82 Å². The molecule has 0 amide bonds. The van der Waals surface area contributed by atoms with Crippen LogP contribution in [0.1, 0.15) is 24.1 Å². The van der Waals surface area contributed by atoms with Crippen molar-refractivity contribution in [3.63, 3.8) is 0 Å². The number of benzene rings is 2. The van der Waals surface area contributed by atoms with Gasteiger partial charge in [-0.1, -0.05) is 18.2 Å². The van der Waals surface area contributed by atoms with Crippen LogP contribution in [0.25, 0.3) is 0 Å². The van der Waals surface area contributed by atoms with Crippen LogP contribution in [0.15, 0.2) is 42.5 Å². The quantitative estimate of drug-likeness (QED) is 0.879. The maximum absolute atomic E-state index is 12.9. The average molecular weight is 289 g/mol. The van der Waals surface area contributed by atoms with E-state index in [-0.39, 0.29) is 11.9 Å². The van der Waals surface area contributed by atoms with Crippen molar-refractivity contribution < 1.29 is 13.9 Å². The zero-order valence-corrected chi connectivity index (χ0v) is 12.5. The summed E-state index contributed by atoms with van der Waals surface area (Å²) in [6.07, 6.45) is 0. The van der Waals surface area contributed by atoms with E-state index in [9.17, 15) is 4.39 Å². The first-order valence-corrected chi connectivity index (χ1v) is 6.83. The summed E-state index contributed by atoms with van der Waals surface area (Å²) in [5.74, 6) is 1.21. The number of rotatable bonds is 6. The van der Waals surface area contributed by atoms with Crippen LogP contribution in [0, 0.1) is 5.82 Å². The molecule has 0 saturated heterocycles. The summed E-state index contributed by atoms with van der Waals surface area (Å²) >= 11 is 0. The Morgan fingerprint density at radius 1 is 1.00 bits per heavy atom. The molecule has 0 bridgehead atoms. The third-order valence-corrected chi connectivity index (χ3v) is 3.43. The van der Waals surface area contributed by atoms with Gasteiger partial charge < -0.3 is 14.8 Å². The molecule has 1 unspecified atom stereocenters. The predicted octanol–water partition coefficient (Wildman–Crippen LogP) is 3.69. The van der Waals surface area contributed by atoms with Crippen LogP contribution in [-0.4, -0.2) is 14.2 Å². The van der Waals surface area contributed by atoms with E-state index in [4.69, 9.17) is 9.47 Å². The third kappa shape index (κ3) is 3.95. The molecule has 2 rings (SSSR count). The lowest BCUT2D eigenvalue weighted by Gasteiger charge is -2.16. The molecule has 1 N–H and O–H groups in total. The molecule has 0 aliphatic rings. The van der Waals surface area contributed by atoms with Crippen molar-refractivity contribution in [2.24, 2.45) is 0 Å². The molecule has 0 aliphatic carbocycles. The largest absolute Gasteiger partial charge is 0.493 e. The van der Waals surface area contributed by atoms with Crippen molar-refractivity contribution in [2.75, 3.05) is 14.2 Å². The predicted molar refractivity (Wildman–Crippen MR) is 81.2 cm³/mol. The summed E-state index contributed by atoms with van der Waals surface area (Å²) in [4.78, 5) is 0. The zero-order valence-electron chi connectivity index (χ0n) is 12.5. The van der Waals surface area contributed by atoms with Crippen LogP contribution in [-0.2, 0) is 6.54 Å². The molecule has 0 aliphatic heterocycles. The summed E-state index contributed by atoms with van der Waals surface area (Å²) in [5, 5.41) is 3.40. The molecule has 2 aromatic rings. The minimum atomic E-state index is -0.216. The Bertz CT molecular complexity index is 584. The van der Waals surface area contributed by atoms with Crippen LogP contribution >= 0.6 is 0 Å². The van der Waals surface area contributed by atoms with Crippen molar-refractivity contribution in [3.05, 3.63) is 59.4 Å². The van der Waals surface area contributed by atoms with Crippen molar-refractivity contribution in [2.45, 2.75) is 19.5 Å². The second-order valence-electron chi connectivity index (χ2n) is 4.84. The first kappa shape index (κ1) is 15.3. The minimum Gasteiger partial charge on any atom is -0.493 e. The highest BCUT2D eigenvalue weighted by molar-refractivity contribution is 5.43. The van der Waals surface area contributed by atoms with Crippen molar-refractivity contribution in [1.82, 2.24) is 5.32 Å². The van der Waals surface area contributed by atoms with Crippen LogP contribution in [0.5, 0.6) is 11.5 Å². The van der Waals surface area contributed by atoms with E-state index >= 15 is 0 Å². The lowest BCUT2D eigenvalue weighted by Crippen LogP contribution is -2.18. The fraction of sp³-hybridized carbons (Fsp3) is 0.294. The lowest BCUT2D eigenvalue weighted by molar-refractivity contribution is 0.354. The average Bonchev–Trinajstić information content (AvgIpc) is 2.53. The maximum Gasteiger partial charge on any atom is 0.161 e. The second kappa shape index (κ2) is 7.09. The van der Waals surface area contributed by atoms with E-state index in [1.54, 1.807) is 26.4 Å².